The second kappa shape index (κ2) is 8.62. The maximum absolute atomic E-state index is 13.9. The van der Waals surface area contributed by atoms with Crippen LogP contribution in [0.15, 0.2) is 60.8 Å². The van der Waals surface area contributed by atoms with Gasteiger partial charge in [-0.3, -0.25) is 4.79 Å². The Kier molecular flexibility index (Phi) is 6.06. The summed E-state index contributed by atoms with van der Waals surface area (Å²) in [6, 6.07) is 10.2. The van der Waals surface area contributed by atoms with E-state index in [1.807, 2.05) is 0 Å². The molecule has 0 fully saturated rings. The van der Waals surface area contributed by atoms with E-state index < -0.39 is 41.4 Å². The van der Waals surface area contributed by atoms with Gasteiger partial charge in [0, 0.05) is 6.42 Å². The van der Waals surface area contributed by atoms with Gasteiger partial charge in [-0.1, -0.05) is 42.5 Å². The molecule has 0 bridgehead atoms. The number of rotatable bonds is 4. The van der Waals surface area contributed by atoms with Crippen LogP contribution in [-0.4, -0.2) is 21.9 Å². The Bertz CT molecular complexity index is 1200. The van der Waals surface area contributed by atoms with E-state index in [9.17, 15) is 31.1 Å². The molecule has 5 nitrogen and oxygen atoms in total. The van der Waals surface area contributed by atoms with E-state index in [4.69, 9.17) is 0 Å². The first-order chi connectivity index (χ1) is 16.3. The molecule has 0 aliphatic carbocycles. The van der Waals surface area contributed by atoms with Crippen LogP contribution in [0.5, 0.6) is 0 Å². The zero-order valence-electron chi connectivity index (χ0n) is 18.7. The van der Waals surface area contributed by atoms with Gasteiger partial charge in [0.2, 0.25) is 0 Å². The average Bonchev–Trinajstić information content (AvgIpc) is 3.22. The van der Waals surface area contributed by atoms with Gasteiger partial charge in [0.05, 0.1) is 23.3 Å². The zero-order valence-corrected chi connectivity index (χ0v) is 18.7. The standard InChI is InChI=1S/C24H22F6N4O/c1-22(2,15-8-10-16(11-9-15)23(25,26)27)33-21(35)17-13-31-34-19(24(28,29)30)12-18(32-20(17)34)14-6-4-3-5-7-14/h3-11,13,18-19,32H,12H2,1-2H3,(H,33,35). The molecule has 11 heteroatoms. The number of carbonyl (C=O) groups is 1. The van der Waals surface area contributed by atoms with E-state index in [2.05, 4.69) is 15.7 Å². The first-order valence-corrected chi connectivity index (χ1v) is 10.7. The number of nitrogens with zero attached hydrogens (tertiary/aromatic N) is 2. The van der Waals surface area contributed by atoms with Gasteiger partial charge in [-0.25, -0.2) is 4.68 Å². The van der Waals surface area contributed by atoms with Gasteiger partial charge in [-0.05, 0) is 37.1 Å². The fraction of sp³-hybridized carbons (Fsp3) is 0.333. The van der Waals surface area contributed by atoms with Crippen LogP contribution in [0, 0.1) is 0 Å². The molecular formula is C24H22F6N4O. The molecule has 1 aliphatic heterocycles. The summed E-state index contributed by atoms with van der Waals surface area (Å²) in [4.78, 5) is 13.1. The summed E-state index contributed by atoms with van der Waals surface area (Å²) < 4.78 is 81.0. The SMILES string of the molecule is CC(C)(NC(=O)c1cnn2c1NC(c1ccccc1)CC2C(F)(F)F)c1ccc(C(F)(F)F)cc1. The number of anilines is 1. The third kappa shape index (κ3) is 4.98. The number of halogens is 6. The van der Waals surface area contributed by atoms with Crippen molar-refractivity contribution in [2.75, 3.05) is 5.32 Å². The molecule has 3 aromatic rings. The third-order valence-electron chi connectivity index (χ3n) is 6.04. The van der Waals surface area contributed by atoms with Gasteiger partial charge < -0.3 is 10.6 Å². The second-order valence-corrected chi connectivity index (χ2v) is 8.91. The van der Waals surface area contributed by atoms with E-state index in [0.717, 1.165) is 23.0 Å². The molecule has 35 heavy (non-hydrogen) atoms. The lowest BCUT2D eigenvalue weighted by molar-refractivity contribution is -0.173. The van der Waals surface area contributed by atoms with Crippen molar-refractivity contribution < 1.29 is 31.1 Å². The van der Waals surface area contributed by atoms with Crippen molar-refractivity contribution in [3.05, 3.63) is 83.0 Å². The van der Waals surface area contributed by atoms with Crippen LogP contribution in [-0.2, 0) is 11.7 Å². The molecule has 0 radical (unpaired) electrons. The number of fused-ring (bicyclic) bond motifs is 1. The molecule has 1 aliphatic rings. The highest BCUT2D eigenvalue weighted by Crippen LogP contribution is 2.44. The van der Waals surface area contributed by atoms with Crippen LogP contribution < -0.4 is 10.6 Å². The minimum atomic E-state index is -4.59. The summed E-state index contributed by atoms with van der Waals surface area (Å²) in [5.74, 6) is -0.786. The molecule has 4 rings (SSSR count). The van der Waals surface area contributed by atoms with Gasteiger partial charge >= 0.3 is 12.4 Å². The van der Waals surface area contributed by atoms with Crippen molar-refractivity contribution in [1.82, 2.24) is 15.1 Å². The predicted molar refractivity (Wildman–Crippen MR) is 117 cm³/mol. The topological polar surface area (TPSA) is 59.0 Å². The van der Waals surface area contributed by atoms with Crippen molar-refractivity contribution in [3.8, 4) is 0 Å². The molecule has 0 saturated carbocycles. The van der Waals surface area contributed by atoms with Crippen LogP contribution in [0.25, 0.3) is 0 Å². The maximum Gasteiger partial charge on any atom is 0.416 e. The highest BCUT2D eigenvalue weighted by molar-refractivity contribution is 5.99. The van der Waals surface area contributed by atoms with Crippen LogP contribution in [0.2, 0.25) is 0 Å². The first kappa shape index (κ1) is 24.6. The molecule has 2 unspecified atom stereocenters. The molecule has 0 spiro atoms. The highest BCUT2D eigenvalue weighted by atomic mass is 19.4. The van der Waals surface area contributed by atoms with Crippen molar-refractivity contribution in [2.45, 2.75) is 50.2 Å². The molecule has 0 saturated heterocycles. The lowest BCUT2D eigenvalue weighted by atomic mass is 9.92. The Morgan fingerprint density at radius 2 is 1.57 bits per heavy atom. The summed E-state index contributed by atoms with van der Waals surface area (Å²) in [5, 5.41) is 9.55. The van der Waals surface area contributed by atoms with Crippen LogP contribution in [0.3, 0.4) is 0 Å². The van der Waals surface area contributed by atoms with Gasteiger partial charge in [-0.15, -0.1) is 0 Å². The molecule has 1 amide bonds. The van der Waals surface area contributed by atoms with Crippen molar-refractivity contribution in [3.63, 3.8) is 0 Å². The van der Waals surface area contributed by atoms with E-state index in [1.54, 1.807) is 44.2 Å². The second-order valence-electron chi connectivity index (χ2n) is 8.91. The maximum atomic E-state index is 13.9. The summed E-state index contributed by atoms with van der Waals surface area (Å²) >= 11 is 0. The predicted octanol–water partition coefficient (Wildman–Crippen LogP) is 6.23. The molecule has 2 aromatic carbocycles. The Labute approximate surface area is 197 Å². The average molecular weight is 496 g/mol. The third-order valence-corrected chi connectivity index (χ3v) is 6.04. The molecule has 2 heterocycles. The van der Waals surface area contributed by atoms with Crippen molar-refractivity contribution in [1.29, 1.82) is 0 Å². The van der Waals surface area contributed by atoms with E-state index in [-0.39, 0.29) is 17.8 Å². The number of benzene rings is 2. The van der Waals surface area contributed by atoms with Crippen molar-refractivity contribution >= 4 is 11.7 Å². The summed E-state index contributed by atoms with van der Waals surface area (Å²) in [6.07, 6.45) is -8.34. The minimum absolute atomic E-state index is 0.0758. The summed E-state index contributed by atoms with van der Waals surface area (Å²) in [7, 11) is 0. The fourth-order valence-corrected chi connectivity index (χ4v) is 4.13. The minimum Gasteiger partial charge on any atom is -0.363 e. The molecule has 2 atom stereocenters. The van der Waals surface area contributed by atoms with Gasteiger partial charge in [0.25, 0.3) is 5.91 Å². The quantitative estimate of drug-likeness (QED) is 0.421. The largest absolute Gasteiger partial charge is 0.416 e. The van der Waals surface area contributed by atoms with E-state index >= 15 is 0 Å². The summed E-state index contributed by atoms with van der Waals surface area (Å²) in [6.45, 7) is 3.17. The first-order valence-electron chi connectivity index (χ1n) is 10.7. The van der Waals surface area contributed by atoms with Crippen LogP contribution >= 0.6 is 0 Å². The monoisotopic (exact) mass is 496 g/mol. The highest BCUT2D eigenvalue weighted by Gasteiger charge is 2.47. The fourth-order valence-electron chi connectivity index (χ4n) is 4.13. The van der Waals surface area contributed by atoms with Gasteiger partial charge in [0.1, 0.15) is 11.4 Å². The smallest absolute Gasteiger partial charge is 0.363 e. The van der Waals surface area contributed by atoms with Crippen LogP contribution in [0.1, 0.15) is 59.4 Å². The lowest BCUT2D eigenvalue weighted by Crippen LogP contribution is -2.41. The van der Waals surface area contributed by atoms with E-state index in [0.29, 0.717) is 11.1 Å². The van der Waals surface area contributed by atoms with Crippen LogP contribution in [0.4, 0.5) is 32.2 Å². The zero-order chi connectivity index (χ0) is 25.6. The Morgan fingerprint density at radius 3 is 2.14 bits per heavy atom. The molecule has 1 aromatic heterocycles. The number of hydrogen-bond donors (Lipinski definition) is 2. The van der Waals surface area contributed by atoms with Gasteiger partial charge in [0.15, 0.2) is 6.04 Å². The van der Waals surface area contributed by atoms with Gasteiger partial charge in [-0.2, -0.15) is 31.4 Å². The number of amides is 1. The Morgan fingerprint density at radius 1 is 0.971 bits per heavy atom. The lowest BCUT2D eigenvalue weighted by Gasteiger charge is -2.34. The Balaban J connectivity index is 1.63. The normalized spacial score (nSPS) is 18.5. The number of carbonyl (C=O) groups excluding carboxylic acids is 1. The number of alkyl halides is 6. The molecular weight excluding hydrogens is 474 g/mol. The number of aromatic nitrogens is 2. The summed E-state index contributed by atoms with van der Waals surface area (Å²) in [5.41, 5.74) is -1.02. The Hall–Kier alpha value is -3.50. The molecule has 186 valence electrons. The number of nitrogens with one attached hydrogen (secondary N) is 2. The number of hydrogen-bond acceptors (Lipinski definition) is 3. The van der Waals surface area contributed by atoms with Crippen molar-refractivity contribution in [2.24, 2.45) is 0 Å². The molecule has 2 N–H and O–H groups in total. The van der Waals surface area contributed by atoms with E-state index in [1.165, 1.54) is 12.1 Å².